The minimum absolute atomic E-state index is 0.0208. The number of halogens is 3. The largest absolute Gasteiger partial charge is 0.293 e. The van der Waals surface area contributed by atoms with Gasteiger partial charge in [0.1, 0.15) is 0 Å². The number of hydrogen-bond donors (Lipinski definition) is 0. The number of hydrogen-bond acceptors (Lipinski definition) is 1. The van der Waals surface area contributed by atoms with E-state index in [2.05, 4.69) is 0 Å². The average molecular weight is 233 g/mol. The summed E-state index contributed by atoms with van der Waals surface area (Å²) in [6.45, 7) is 3.21. The Labute approximate surface area is 92.1 Å². The van der Waals surface area contributed by atoms with Crippen LogP contribution < -0.4 is 0 Å². The van der Waals surface area contributed by atoms with Crippen LogP contribution in [0.3, 0.4) is 0 Å². The SMILES string of the molecule is Cc1ccc(C(F)F)c(C(=O)C(C)Cl)c1. The van der Waals surface area contributed by atoms with Gasteiger partial charge in [0.05, 0.1) is 5.38 Å². The third-order valence-electron chi connectivity index (χ3n) is 2.07. The quantitative estimate of drug-likeness (QED) is 0.573. The highest BCUT2D eigenvalue weighted by Gasteiger charge is 2.21. The van der Waals surface area contributed by atoms with Crippen LogP contribution in [0.5, 0.6) is 0 Å². The van der Waals surface area contributed by atoms with Crippen molar-refractivity contribution in [1.82, 2.24) is 0 Å². The summed E-state index contributed by atoms with van der Waals surface area (Å²) in [5, 5.41) is -0.788. The molecule has 0 amide bonds. The number of ketones is 1. The molecule has 1 aromatic rings. The number of carbonyl (C=O) groups excluding carboxylic acids is 1. The van der Waals surface area contributed by atoms with E-state index in [1.54, 1.807) is 13.0 Å². The van der Waals surface area contributed by atoms with Gasteiger partial charge in [-0.3, -0.25) is 4.79 Å². The van der Waals surface area contributed by atoms with Crippen LogP contribution in [0.4, 0.5) is 8.78 Å². The first-order valence-corrected chi connectivity index (χ1v) is 4.94. The second-order valence-corrected chi connectivity index (χ2v) is 4.03. The second-order valence-electron chi connectivity index (χ2n) is 3.37. The zero-order valence-corrected chi connectivity index (χ0v) is 9.18. The van der Waals surface area contributed by atoms with Crippen LogP contribution in [-0.4, -0.2) is 11.2 Å². The maximum Gasteiger partial charge on any atom is 0.264 e. The molecule has 0 aliphatic rings. The topological polar surface area (TPSA) is 17.1 Å². The standard InChI is InChI=1S/C11H11ClF2O/c1-6-3-4-8(11(13)14)9(5-6)10(15)7(2)12/h3-5,7,11H,1-2H3. The van der Waals surface area contributed by atoms with Crippen molar-refractivity contribution in [2.45, 2.75) is 25.7 Å². The molecule has 0 bridgehead atoms. The highest BCUT2D eigenvalue weighted by atomic mass is 35.5. The van der Waals surface area contributed by atoms with E-state index in [0.29, 0.717) is 0 Å². The van der Waals surface area contributed by atoms with Crippen LogP contribution in [0, 0.1) is 6.92 Å². The predicted octanol–water partition coefficient (Wildman–Crippen LogP) is 3.74. The molecule has 15 heavy (non-hydrogen) atoms. The van der Waals surface area contributed by atoms with Gasteiger partial charge in [0, 0.05) is 11.1 Å². The third-order valence-corrected chi connectivity index (χ3v) is 2.27. The molecule has 0 aliphatic heterocycles. The first kappa shape index (κ1) is 12.1. The van der Waals surface area contributed by atoms with Crippen molar-refractivity contribution >= 4 is 17.4 Å². The molecule has 1 atom stereocenters. The third kappa shape index (κ3) is 2.75. The van der Waals surface area contributed by atoms with E-state index in [-0.39, 0.29) is 11.1 Å². The van der Waals surface area contributed by atoms with E-state index < -0.39 is 17.6 Å². The van der Waals surface area contributed by atoms with Crippen molar-refractivity contribution in [1.29, 1.82) is 0 Å². The molecule has 0 saturated carbocycles. The van der Waals surface area contributed by atoms with Crippen LogP contribution in [-0.2, 0) is 0 Å². The summed E-state index contributed by atoms with van der Waals surface area (Å²) in [4.78, 5) is 11.6. The Morgan fingerprint density at radius 3 is 2.47 bits per heavy atom. The normalized spacial score (nSPS) is 12.9. The molecule has 1 aromatic carbocycles. The Hall–Kier alpha value is -0.960. The molecule has 1 unspecified atom stereocenters. The summed E-state index contributed by atoms with van der Waals surface area (Å²) in [5.41, 5.74) is 0.533. The number of rotatable bonds is 3. The number of Topliss-reactive ketones (excluding diaryl/α,β-unsaturated/α-hetero) is 1. The fourth-order valence-corrected chi connectivity index (χ4v) is 1.41. The van der Waals surface area contributed by atoms with E-state index in [1.165, 1.54) is 19.1 Å². The molecular weight excluding hydrogens is 222 g/mol. The number of aryl methyl sites for hydroxylation is 1. The number of benzene rings is 1. The summed E-state index contributed by atoms with van der Waals surface area (Å²) in [6.07, 6.45) is -2.65. The van der Waals surface area contributed by atoms with Crippen molar-refractivity contribution in [3.63, 3.8) is 0 Å². The van der Waals surface area contributed by atoms with Crippen LogP contribution >= 0.6 is 11.6 Å². The molecule has 0 radical (unpaired) electrons. The van der Waals surface area contributed by atoms with Gasteiger partial charge in [-0.1, -0.05) is 17.7 Å². The minimum atomic E-state index is -2.65. The minimum Gasteiger partial charge on any atom is -0.293 e. The number of carbonyl (C=O) groups is 1. The van der Waals surface area contributed by atoms with Crippen LogP contribution in [0.2, 0.25) is 0 Å². The maximum atomic E-state index is 12.6. The van der Waals surface area contributed by atoms with Gasteiger partial charge in [-0.2, -0.15) is 0 Å². The molecule has 1 rings (SSSR count). The second kappa shape index (κ2) is 4.71. The van der Waals surface area contributed by atoms with E-state index in [4.69, 9.17) is 11.6 Å². The molecule has 1 nitrogen and oxygen atoms in total. The van der Waals surface area contributed by atoms with Crippen molar-refractivity contribution < 1.29 is 13.6 Å². The summed E-state index contributed by atoms with van der Waals surface area (Å²) in [6, 6.07) is 4.27. The van der Waals surface area contributed by atoms with E-state index in [0.717, 1.165) is 5.56 Å². The van der Waals surface area contributed by atoms with Gasteiger partial charge < -0.3 is 0 Å². The Morgan fingerprint density at radius 1 is 1.40 bits per heavy atom. The molecule has 0 aromatic heterocycles. The molecule has 82 valence electrons. The first-order chi connectivity index (χ1) is 6.93. The lowest BCUT2D eigenvalue weighted by atomic mass is 10.00. The fourth-order valence-electron chi connectivity index (χ4n) is 1.29. The van der Waals surface area contributed by atoms with Gasteiger partial charge >= 0.3 is 0 Å². The molecule has 0 N–H and O–H groups in total. The van der Waals surface area contributed by atoms with Gasteiger partial charge in [-0.15, -0.1) is 11.6 Å². The van der Waals surface area contributed by atoms with E-state index in [9.17, 15) is 13.6 Å². The molecule has 0 spiro atoms. The lowest BCUT2D eigenvalue weighted by Crippen LogP contribution is -2.13. The lowest BCUT2D eigenvalue weighted by Gasteiger charge is -2.10. The molecule has 0 saturated heterocycles. The van der Waals surface area contributed by atoms with Gasteiger partial charge in [0.25, 0.3) is 6.43 Å². The van der Waals surface area contributed by atoms with Gasteiger partial charge in [-0.25, -0.2) is 8.78 Å². The van der Waals surface area contributed by atoms with Crippen LogP contribution in [0.1, 0.15) is 34.8 Å². The maximum absolute atomic E-state index is 12.6. The molecule has 0 fully saturated rings. The Balaban J connectivity index is 3.24. The van der Waals surface area contributed by atoms with Gasteiger partial charge in [0.15, 0.2) is 5.78 Å². The molecule has 0 heterocycles. The highest BCUT2D eigenvalue weighted by molar-refractivity contribution is 6.33. The Morgan fingerprint density at radius 2 is 2.00 bits per heavy atom. The summed E-state index contributed by atoms with van der Waals surface area (Å²) >= 11 is 5.60. The Kier molecular flexibility index (Phi) is 3.80. The zero-order valence-electron chi connectivity index (χ0n) is 8.43. The summed E-state index contributed by atoms with van der Waals surface area (Å²) in [5.74, 6) is -0.462. The smallest absolute Gasteiger partial charge is 0.264 e. The highest BCUT2D eigenvalue weighted by Crippen LogP contribution is 2.25. The molecule has 0 aliphatic carbocycles. The molecule has 4 heteroatoms. The van der Waals surface area contributed by atoms with Gasteiger partial charge in [0.2, 0.25) is 0 Å². The monoisotopic (exact) mass is 232 g/mol. The summed E-state index contributed by atoms with van der Waals surface area (Å²) in [7, 11) is 0. The fraction of sp³-hybridized carbons (Fsp3) is 0.364. The number of alkyl halides is 3. The average Bonchev–Trinajstić information content (AvgIpc) is 2.15. The lowest BCUT2D eigenvalue weighted by molar-refractivity contribution is 0.0977. The van der Waals surface area contributed by atoms with Crippen molar-refractivity contribution in [3.8, 4) is 0 Å². The van der Waals surface area contributed by atoms with Gasteiger partial charge in [-0.05, 0) is 19.9 Å². The predicted molar refractivity (Wildman–Crippen MR) is 55.8 cm³/mol. The summed E-state index contributed by atoms with van der Waals surface area (Å²) < 4.78 is 25.2. The van der Waals surface area contributed by atoms with Crippen LogP contribution in [0.25, 0.3) is 0 Å². The van der Waals surface area contributed by atoms with Crippen molar-refractivity contribution in [3.05, 3.63) is 34.9 Å². The van der Waals surface area contributed by atoms with E-state index >= 15 is 0 Å². The van der Waals surface area contributed by atoms with Crippen molar-refractivity contribution in [2.24, 2.45) is 0 Å². The molecular formula is C11H11ClF2O. The van der Waals surface area contributed by atoms with Crippen molar-refractivity contribution in [2.75, 3.05) is 0 Å². The zero-order chi connectivity index (χ0) is 11.6. The first-order valence-electron chi connectivity index (χ1n) is 4.50. The van der Waals surface area contributed by atoms with Crippen LogP contribution in [0.15, 0.2) is 18.2 Å². The Bertz CT molecular complexity index is 375. The van der Waals surface area contributed by atoms with E-state index in [1.807, 2.05) is 0 Å².